The maximum atomic E-state index is 13.6. The first kappa shape index (κ1) is 28.3. The Labute approximate surface area is 263 Å². The van der Waals surface area contributed by atoms with Crippen molar-refractivity contribution in [2.24, 2.45) is 5.10 Å². The number of ether oxygens (including phenoxy) is 2. The van der Waals surface area contributed by atoms with Gasteiger partial charge in [-0.05, 0) is 58.4 Å². The second-order valence-corrected chi connectivity index (χ2v) is 11.1. The van der Waals surface area contributed by atoms with Crippen LogP contribution in [0.4, 0.5) is 0 Å². The lowest BCUT2D eigenvalue weighted by Crippen LogP contribution is -2.20. The molecule has 11 heteroatoms. The highest BCUT2D eigenvalue weighted by Crippen LogP contribution is 2.43. The molecule has 0 spiro atoms. The van der Waals surface area contributed by atoms with Crippen LogP contribution in [0.1, 0.15) is 11.1 Å². The Balaban J connectivity index is 1.42. The van der Waals surface area contributed by atoms with Gasteiger partial charge in [-0.1, -0.05) is 71.2 Å². The van der Waals surface area contributed by atoms with E-state index in [0.29, 0.717) is 53.8 Å². The lowest BCUT2D eigenvalue weighted by molar-refractivity contribution is 0.284. The lowest BCUT2D eigenvalue weighted by atomic mass is 10.2. The Morgan fingerprint density at radius 2 is 1.81 bits per heavy atom. The summed E-state index contributed by atoms with van der Waals surface area (Å²) in [6, 6.07) is 23.3. The summed E-state index contributed by atoms with van der Waals surface area (Å²) in [5.41, 5.74) is 2.09. The van der Waals surface area contributed by atoms with Crippen molar-refractivity contribution >= 4 is 78.8 Å². The average Bonchev–Trinajstić information content (AvgIpc) is 3.43. The van der Waals surface area contributed by atoms with Gasteiger partial charge in [0.1, 0.15) is 17.2 Å². The van der Waals surface area contributed by atoms with Crippen LogP contribution in [-0.4, -0.2) is 23.0 Å². The van der Waals surface area contributed by atoms with E-state index in [9.17, 15) is 4.79 Å². The molecule has 0 saturated heterocycles. The van der Waals surface area contributed by atoms with E-state index < -0.39 is 0 Å². The van der Waals surface area contributed by atoms with Gasteiger partial charge in [0.2, 0.25) is 5.82 Å². The van der Waals surface area contributed by atoms with Crippen LogP contribution in [0.2, 0.25) is 15.1 Å². The minimum absolute atomic E-state index is 0.130. The molecule has 0 aliphatic heterocycles. The molecular formula is C31H19BrCl3N3O4. The molecule has 0 aliphatic rings. The Hall–Kier alpha value is -3.82. The number of fused-ring (bicyclic) bond motifs is 2. The maximum absolute atomic E-state index is 13.6. The topological polar surface area (TPSA) is 78.9 Å². The largest absolute Gasteiger partial charge is 0.493 e. The third-order valence-corrected chi connectivity index (χ3v) is 8.51. The summed E-state index contributed by atoms with van der Waals surface area (Å²) in [5, 5.41) is 7.06. The molecule has 7 nitrogen and oxygen atoms in total. The van der Waals surface area contributed by atoms with E-state index in [1.54, 1.807) is 42.5 Å². The van der Waals surface area contributed by atoms with Crippen LogP contribution in [0.5, 0.6) is 11.5 Å². The fourth-order valence-electron chi connectivity index (χ4n) is 4.38. The Morgan fingerprint density at radius 1 is 1.02 bits per heavy atom. The predicted octanol–water partition coefficient (Wildman–Crippen LogP) is 9.00. The van der Waals surface area contributed by atoms with Crippen molar-refractivity contribution in [3.63, 3.8) is 0 Å². The summed E-state index contributed by atoms with van der Waals surface area (Å²) >= 11 is 22.6. The Kier molecular flexibility index (Phi) is 7.96. The van der Waals surface area contributed by atoms with E-state index in [1.165, 1.54) is 18.0 Å². The first-order valence-corrected chi connectivity index (χ1v) is 14.4. The zero-order valence-electron chi connectivity index (χ0n) is 21.8. The third kappa shape index (κ3) is 5.39. The number of hydrogen-bond donors (Lipinski definition) is 0. The molecule has 42 heavy (non-hydrogen) atoms. The average molecular weight is 684 g/mol. The smallest absolute Gasteiger partial charge is 0.282 e. The van der Waals surface area contributed by atoms with E-state index in [1.807, 2.05) is 36.4 Å². The monoisotopic (exact) mass is 681 g/mol. The van der Waals surface area contributed by atoms with E-state index in [4.69, 9.17) is 53.7 Å². The molecule has 6 aromatic rings. The van der Waals surface area contributed by atoms with Gasteiger partial charge in [0.25, 0.3) is 5.56 Å². The molecule has 0 atom stereocenters. The summed E-state index contributed by atoms with van der Waals surface area (Å²) in [7, 11) is 1.50. The van der Waals surface area contributed by atoms with Gasteiger partial charge in [-0.25, -0.2) is 4.98 Å². The molecule has 4 aromatic carbocycles. The molecule has 0 unspecified atom stereocenters. The second-order valence-electron chi connectivity index (χ2n) is 9.11. The van der Waals surface area contributed by atoms with Crippen LogP contribution in [0, 0.1) is 0 Å². The number of nitrogens with zero attached hydrogens (tertiary/aromatic N) is 3. The molecular weight excluding hydrogens is 665 g/mol. The van der Waals surface area contributed by atoms with Gasteiger partial charge < -0.3 is 13.9 Å². The highest BCUT2D eigenvalue weighted by Gasteiger charge is 2.19. The van der Waals surface area contributed by atoms with Crippen molar-refractivity contribution in [3.8, 4) is 23.1 Å². The molecule has 0 radical (unpaired) electrons. The van der Waals surface area contributed by atoms with E-state index in [2.05, 4.69) is 21.0 Å². The van der Waals surface area contributed by atoms with E-state index >= 15 is 0 Å². The van der Waals surface area contributed by atoms with Crippen molar-refractivity contribution in [1.29, 1.82) is 0 Å². The van der Waals surface area contributed by atoms with Gasteiger partial charge in [0.15, 0.2) is 17.3 Å². The molecule has 6 rings (SSSR count). The number of aromatic nitrogens is 2. The van der Waals surface area contributed by atoms with Crippen molar-refractivity contribution in [1.82, 2.24) is 9.66 Å². The van der Waals surface area contributed by atoms with Crippen molar-refractivity contribution < 1.29 is 13.9 Å². The molecule has 0 aliphatic carbocycles. The van der Waals surface area contributed by atoms with Crippen LogP contribution < -0.4 is 15.0 Å². The van der Waals surface area contributed by atoms with Crippen LogP contribution in [0.3, 0.4) is 0 Å². The summed E-state index contributed by atoms with van der Waals surface area (Å²) in [6.07, 6.45) is 1.49. The first-order valence-electron chi connectivity index (χ1n) is 12.5. The first-order chi connectivity index (χ1) is 20.3. The van der Waals surface area contributed by atoms with Crippen LogP contribution in [0.15, 0.2) is 97.6 Å². The summed E-state index contributed by atoms with van der Waals surface area (Å²) in [4.78, 5) is 18.3. The van der Waals surface area contributed by atoms with Gasteiger partial charge in [0, 0.05) is 31.0 Å². The second kappa shape index (κ2) is 11.8. The van der Waals surface area contributed by atoms with Crippen molar-refractivity contribution in [3.05, 3.63) is 120 Å². The Bertz CT molecular complexity index is 2040. The third-order valence-electron chi connectivity index (χ3n) is 6.47. The number of methoxy groups -OCH3 is 1. The maximum Gasteiger partial charge on any atom is 0.282 e. The Morgan fingerprint density at radius 3 is 2.60 bits per heavy atom. The lowest BCUT2D eigenvalue weighted by Gasteiger charge is -2.16. The van der Waals surface area contributed by atoms with Gasteiger partial charge in [-0.2, -0.15) is 9.78 Å². The molecule has 0 bridgehead atoms. The summed E-state index contributed by atoms with van der Waals surface area (Å²) in [6.45, 7) is 0.130. The number of halogens is 4. The number of rotatable bonds is 7. The fourth-order valence-corrected chi connectivity index (χ4v) is 5.49. The quantitative estimate of drug-likeness (QED) is 0.157. The van der Waals surface area contributed by atoms with Gasteiger partial charge in [-0.3, -0.25) is 4.79 Å². The standard InChI is InChI=1S/C31H19BrCl3N3O4/c1-40-25-13-19(27(32)28(35)29(25)41-16-18-10-11-20(33)14-22(18)34)15-36-38-30(26-12-17-6-2-5-9-24(17)42-26)37-23-8-4-3-7-21(23)31(38)39/h2-15H,16H2,1H3. The minimum atomic E-state index is -0.360. The van der Waals surface area contributed by atoms with Crippen LogP contribution in [0.25, 0.3) is 33.5 Å². The molecule has 210 valence electrons. The molecule has 2 heterocycles. The minimum Gasteiger partial charge on any atom is -0.493 e. The van der Waals surface area contributed by atoms with Crippen LogP contribution >= 0.6 is 50.7 Å². The fraction of sp³-hybridized carbons (Fsp3) is 0.0645. The van der Waals surface area contributed by atoms with Gasteiger partial charge >= 0.3 is 0 Å². The van der Waals surface area contributed by atoms with E-state index in [-0.39, 0.29) is 23.0 Å². The molecule has 0 fully saturated rings. The van der Waals surface area contributed by atoms with Gasteiger partial charge in [0.05, 0.1) is 24.2 Å². The van der Waals surface area contributed by atoms with Crippen molar-refractivity contribution in [2.45, 2.75) is 6.61 Å². The van der Waals surface area contributed by atoms with Crippen LogP contribution in [-0.2, 0) is 6.61 Å². The number of para-hydroxylation sites is 2. The molecule has 0 saturated carbocycles. The zero-order valence-corrected chi connectivity index (χ0v) is 25.6. The summed E-state index contributed by atoms with van der Waals surface area (Å²) in [5.74, 6) is 1.31. The molecule has 0 N–H and O–H groups in total. The normalized spacial score (nSPS) is 11.5. The van der Waals surface area contributed by atoms with Gasteiger partial charge in [-0.15, -0.1) is 0 Å². The van der Waals surface area contributed by atoms with Crippen molar-refractivity contribution in [2.75, 3.05) is 7.11 Å². The number of hydrogen-bond acceptors (Lipinski definition) is 6. The summed E-state index contributed by atoms with van der Waals surface area (Å²) < 4.78 is 19.3. The number of benzene rings is 4. The number of furan rings is 1. The molecule has 0 amide bonds. The molecule has 2 aromatic heterocycles. The predicted molar refractivity (Wildman–Crippen MR) is 171 cm³/mol. The van der Waals surface area contributed by atoms with E-state index in [0.717, 1.165) is 10.9 Å². The highest BCUT2D eigenvalue weighted by molar-refractivity contribution is 9.10. The SMILES string of the molecule is COc1cc(C=Nn2c(-c3cc4ccccc4o3)nc3ccccc3c2=O)c(Br)c(Cl)c1OCc1ccc(Cl)cc1Cl. The zero-order chi connectivity index (χ0) is 29.4. The highest BCUT2D eigenvalue weighted by atomic mass is 79.9.